The van der Waals surface area contributed by atoms with Gasteiger partial charge in [0.05, 0.1) is 0 Å². The summed E-state index contributed by atoms with van der Waals surface area (Å²) in [4.78, 5) is 3.73. The molecule has 5 heteroatoms. The first-order valence-electron chi connectivity index (χ1n) is 3.66. The molecule has 1 rings (SSSR count). The van der Waals surface area contributed by atoms with Gasteiger partial charge >= 0.3 is 6.18 Å². The van der Waals surface area contributed by atoms with Gasteiger partial charge in [-0.1, -0.05) is 6.07 Å². The third-order valence-corrected chi connectivity index (χ3v) is 1.65. The van der Waals surface area contributed by atoms with Crippen LogP contribution in [-0.2, 0) is 0 Å². The van der Waals surface area contributed by atoms with Crippen molar-refractivity contribution < 1.29 is 13.2 Å². The van der Waals surface area contributed by atoms with Crippen molar-refractivity contribution in [2.75, 3.05) is 0 Å². The van der Waals surface area contributed by atoms with E-state index in [1.165, 1.54) is 12.1 Å². The largest absolute Gasteiger partial charge is 0.407 e. The third kappa shape index (κ3) is 2.42. The van der Waals surface area contributed by atoms with Crippen molar-refractivity contribution in [3.8, 4) is 0 Å². The van der Waals surface area contributed by atoms with Gasteiger partial charge < -0.3 is 5.73 Å². The van der Waals surface area contributed by atoms with Crippen LogP contribution in [0.4, 0.5) is 13.2 Å². The molecule has 0 unspecified atom stereocenters. The van der Waals surface area contributed by atoms with Crippen molar-refractivity contribution >= 4 is 0 Å². The summed E-state index contributed by atoms with van der Waals surface area (Å²) in [5.41, 5.74) is 5.61. The minimum Gasteiger partial charge on any atom is -0.316 e. The molecule has 2 N–H and O–H groups in total. The van der Waals surface area contributed by atoms with E-state index in [0.29, 0.717) is 5.69 Å². The molecule has 0 bridgehead atoms. The maximum Gasteiger partial charge on any atom is 0.407 e. The van der Waals surface area contributed by atoms with Gasteiger partial charge in [0.15, 0.2) is 0 Å². The fourth-order valence-corrected chi connectivity index (χ4v) is 0.852. The maximum absolute atomic E-state index is 12.1. The van der Waals surface area contributed by atoms with E-state index in [4.69, 9.17) is 5.73 Å². The van der Waals surface area contributed by atoms with Crippen LogP contribution in [0.15, 0.2) is 18.3 Å². The van der Waals surface area contributed by atoms with Gasteiger partial charge in [-0.2, -0.15) is 13.2 Å². The second-order valence-corrected chi connectivity index (χ2v) is 2.75. The van der Waals surface area contributed by atoms with Crippen LogP contribution in [0, 0.1) is 6.92 Å². The van der Waals surface area contributed by atoms with E-state index in [2.05, 4.69) is 4.98 Å². The minimum atomic E-state index is -4.41. The van der Waals surface area contributed by atoms with Crippen LogP contribution < -0.4 is 5.73 Å². The third-order valence-electron chi connectivity index (χ3n) is 1.65. The molecule has 1 aromatic rings. The van der Waals surface area contributed by atoms with E-state index in [1.54, 1.807) is 6.92 Å². The summed E-state index contributed by atoms with van der Waals surface area (Å²) in [7, 11) is 0. The molecule has 0 aliphatic carbocycles. The zero-order chi connectivity index (χ0) is 10.1. The number of hydrogen-bond acceptors (Lipinski definition) is 2. The Kier molecular flexibility index (Phi) is 2.56. The number of nitrogens with two attached hydrogens (primary N) is 1. The molecule has 2 nitrogen and oxygen atoms in total. The molecule has 0 saturated heterocycles. The Hall–Kier alpha value is -1.10. The lowest BCUT2D eigenvalue weighted by atomic mass is 10.1. The summed E-state index contributed by atoms with van der Waals surface area (Å²) < 4.78 is 36.2. The summed E-state index contributed by atoms with van der Waals surface area (Å²) in [5.74, 6) is 0. The Morgan fingerprint density at radius 2 is 2.00 bits per heavy atom. The number of alkyl halides is 3. The summed E-state index contributed by atoms with van der Waals surface area (Å²) in [6.45, 7) is 1.70. The fraction of sp³-hybridized carbons (Fsp3) is 0.375. The van der Waals surface area contributed by atoms with E-state index >= 15 is 0 Å². The smallest absolute Gasteiger partial charge is 0.316 e. The molecule has 13 heavy (non-hydrogen) atoms. The van der Waals surface area contributed by atoms with Gasteiger partial charge in [0.25, 0.3) is 0 Å². The van der Waals surface area contributed by atoms with Crippen molar-refractivity contribution in [1.29, 1.82) is 0 Å². The molecule has 0 aromatic carbocycles. The van der Waals surface area contributed by atoms with Crippen LogP contribution in [0.5, 0.6) is 0 Å². The van der Waals surface area contributed by atoms with E-state index in [-0.39, 0.29) is 5.56 Å². The van der Waals surface area contributed by atoms with E-state index in [9.17, 15) is 13.2 Å². The summed E-state index contributed by atoms with van der Waals surface area (Å²) >= 11 is 0. The van der Waals surface area contributed by atoms with Gasteiger partial charge in [0.1, 0.15) is 6.04 Å². The number of hydrogen-bond donors (Lipinski definition) is 1. The van der Waals surface area contributed by atoms with Crippen molar-refractivity contribution in [3.05, 3.63) is 29.6 Å². The van der Waals surface area contributed by atoms with Gasteiger partial charge in [-0.15, -0.1) is 0 Å². The number of halogens is 3. The lowest BCUT2D eigenvalue weighted by molar-refractivity contribution is -0.149. The van der Waals surface area contributed by atoms with Crippen LogP contribution in [0.25, 0.3) is 0 Å². The first kappa shape index (κ1) is 9.98. The first-order valence-corrected chi connectivity index (χ1v) is 3.66. The topological polar surface area (TPSA) is 38.9 Å². The summed E-state index contributed by atoms with van der Waals surface area (Å²) in [5, 5.41) is 0. The Bertz CT molecular complexity index is 278. The lowest BCUT2D eigenvalue weighted by Crippen LogP contribution is -2.28. The van der Waals surface area contributed by atoms with Crippen LogP contribution >= 0.6 is 0 Å². The van der Waals surface area contributed by atoms with Crippen LogP contribution in [-0.4, -0.2) is 11.2 Å². The first-order chi connectivity index (χ1) is 5.91. The van der Waals surface area contributed by atoms with E-state index < -0.39 is 12.2 Å². The van der Waals surface area contributed by atoms with Crippen molar-refractivity contribution in [1.82, 2.24) is 4.98 Å². The molecule has 0 aliphatic rings. The molecule has 0 fully saturated rings. The molecule has 0 spiro atoms. The zero-order valence-corrected chi connectivity index (χ0v) is 6.97. The highest BCUT2D eigenvalue weighted by Gasteiger charge is 2.37. The van der Waals surface area contributed by atoms with Crippen LogP contribution in [0.1, 0.15) is 17.3 Å². The average Bonchev–Trinajstić information content (AvgIpc) is 2.03. The molecule has 1 atom stereocenters. The molecule has 1 aromatic heterocycles. The van der Waals surface area contributed by atoms with Gasteiger partial charge in [-0.05, 0) is 18.6 Å². The Labute approximate surface area is 73.6 Å². The van der Waals surface area contributed by atoms with Crippen molar-refractivity contribution in [3.63, 3.8) is 0 Å². The highest BCUT2D eigenvalue weighted by molar-refractivity contribution is 5.18. The fourth-order valence-electron chi connectivity index (χ4n) is 0.852. The highest BCUT2D eigenvalue weighted by Crippen LogP contribution is 2.29. The van der Waals surface area contributed by atoms with Gasteiger partial charge in [0.2, 0.25) is 0 Å². The predicted molar refractivity (Wildman–Crippen MR) is 42.0 cm³/mol. The van der Waals surface area contributed by atoms with Gasteiger partial charge in [-0.3, -0.25) is 4.98 Å². The SMILES string of the molecule is Cc1ccc([C@H](N)C(F)(F)F)cn1. The second-order valence-electron chi connectivity index (χ2n) is 2.75. The molecule has 1 heterocycles. The number of pyridine rings is 1. The van der Waals surface area contributed by atoms with E-state index in [0.717, 1.165) is 6.20 Å². The summed E-state index contributed by atoms with van der Waals surface area (Å²) in [6.07, 6.45) is -3.26. The van der Waals surface area contributed by atoms with Gasteiger partial charge in [-0.25, -0.2) is 0 Å². The Morgan fingerprint density at radius 1 is 1.38 bits per heavy atom. The molecule has 0 radical (unpaired) electrons. The van der Waals surface area contributed by atoms with Crippen molar-refractivity contribution in [2.24, 2.45) is 5.73 Å². The predicted octanol–water partition coefficient (Wildman–Crippen LogP) is 1.95. The highest BCUT2D eigenvalue weighted by atomic mass is 19.4. The van der Waals surface area contributed by atoms with E-state index in [1.807, 2.05) is 0 Å². The number of aromatic nitrogens is 1. The number of nitrogens with zero attached hydrogens (tertiary/aromatic N) is 1. The second kappa shape index (κ2) is 3.33. The minimum absolute atomic E-state index is 0.0156. The monoisotopic (exact) mass is 190 g/mol. The standard InChI is InChI=1S/C8H9F3N2/c1-5-2-3-6(4-13-5)7(12)8(9,10)11/h2-4,7H,12H2,1H3/t7-/m0/s1. The number of aryl methyl sites for hydroxylation is 1. The maximum atomic E-state index is 12.1. The quantitative estimate of drug-likeness (QED) is 0.735. The Balaban J connectivity index is 2.90. The lowest BCUT2D eigenvalue weighted by Gasteiger charge is -2.15. The molecule has 0 amide bonds. The normalized spacial score (nSPS) is 14.2. The molecule has 72 valence electrons. The zero-order valence-electron chi connectivity index (χ0n) is 6.97. The molecule has 0 aliphatic heterocycles. The van der Waals surface area contributed by atoms with Crippen molar-refractivity contribution in [2.45, 2.75) is 19.1 Å². The molecular formula is C8H9F3N2. The average molecular weight is 190 g/mol. The molecular weight excluding hydrogens is 181 g/mol. The Morgan fingerprint density at radius 3 is 2.38 bits per heavy atom. The number of rotatable bonds is 1. The molecule has 0 saturated carbocycles. The van der Waals surface area contributed by atoms with Crippen LogP contribution in [0.2, 0.25) is 0 Å². The van der Waals surface area contributed by atoms with Crippen LogP contribution in [0.3, 0.4) is 0 Å². The van der Waals surface area contributed by atoms with Gasteiger partial charge in [0, 0.05) is 11.9 Å². The summed E-state index contributed by atoms with van der Waals surface area (Å²) in [6, 6.07) is 0.891.